The van der Waals surface area contributed by atoms with Gasteiger partial charge in [0.15, 0.2) is 0 Å². The normalized spacial score (nSPS) is 12.4. The van der Waals surface area contributed by atoms with E-state index in [0.29, 0.717) is 0 Å². The molecule has 0 fully saturated rings. The minimum absolute atomic E-state index is 0.887. The van der Waals surface area contributed by atoms with Crippen LogP contribution in [0.5, 0.6) is 11.5 Å². The smallest absolute Gasteiger partial charge is 0.142 e. The molecule has 51 heavy (non-hydrogen) atoms. The fraction of sp³-hybridized carbons (Fsp3) is 0. The van der Waals surface area contributed by atoms with E-state index in [-0.39, 0.29) is 0 Å². The molecule has 0 atom stereocenters. The summed E-state index contributed by atoms with van der Waals surface area (Å²) in [6, 6.07) is 61.0. The lowest BCUT2D eigenvalue weighted by Gasteiger charge is -2.22. The van der Waals surface area contributed by atoms with Crippen molar-refractivity contribution >= 4 is 66.0 Å². The molecule has 0 aliphatic carbocycles. The second kappa shape index (κ2) is 11.1. The maximum absolute atomic E-state index is 6.44. The van der Waals surface area contributed by atoms with Crippen LogP contribution in [0.2, 0.25) is 0 Å². The van der Waals surface area contributed by atoms with E-state index in [1.165, 1.54) is 43.4 Å². The molecular formula is C48H28O2S. The number of rotatable bonds is 3. The van der Waals surface area contributed by atoms with Gasteiger partial charge in [-0.25, -0.2) is 0 Å². The molecule has 238 valence electrons. The molecule has 1 aliphatic heterocycles. The van der Waals surface area contributed by atoms with Crippen molar-refractivity contribution in [2.75, 3.05) is 0 Å². The molecule has 0 bridgehead atoms. The number of furan rings is 1. The van der Waals surface area contributed by atoms with Crippen molar-refractivity contribution in [3.8, 4) is 44.9 Å². The average molecular weight is 669 g/mol. The maximum atomic E-state index is 6.44. The van der Waals surface area contributed by atoms with E-state index in [2.05, 4.69) is 146 Å². The van der Waals surface area contributed by atoms with E-state index in [1.807, 2.05) is 24.3 Å². The molecule has 2 heterocycles. The van der Waals surface area contributed by atoms with E-state index in [9.17, 15) is 0 Å². The fourth-order valence-electron chi connectivity index (χ4n) is 7.89. The summed E-state index contributed by atoms with van der Waals surface area (Å²) < 4.78 is 12.7. The van der Waals surface area contributed by atoms with Crippen LogP contribution in [0.15, 0.2) is 184 Å². The fourth-order valence-corrected chi connectivity index (χ4v) is 8.97. The molecule has 0 spiro atoms. The van der Waals surface area contributed by atoms with Gasteiger partial charge in [0.05, 0.1) is 9.79 Å². The Morgan fingerprint density at radius 3 is 1.65 bits per heavy atom. The van der Waals surface area contributed by atoms with Gasteiger partial charge in [-0.1, -0.05) is 121 Å². The van der Waals surface area contributed by atoms with E-state index in [0.717, 1.165) is 65.5 Å². The Morgan fingerprint density at radius 1 is 0.333 bits per heavy atom. The SMILES string of the molecule is c1ccc2c(c1)Oc1cccc(-c3cc(-c4ccc5oc6ccccc6c5c4)cc(-c4ccc5c6ccccc6c6ccccc6c5c4)c3)c1S2. The first-order chi connectivity index (χ1) is 25.2. The first-order valence-electron chi connectivity index (χ1n) is 17.2. The minimum Gasteiger partial charge on any atom is -0.456 e. The van der Waals surface area contributed by atoms with Gasteiger partial charge < -0.3 is 9.15 Å². The van der Waals surface area contributed by atoms with Crippen LogP contribution in [-0.2, 0) is 0 Å². The Morgan fingerprint density at radius 2 is 0.882 bits per heavy atom. The van der Waals surface area contributed by atoms with Crippen LogP contribution in [0.25, 0.3) is 87.6 Å². The lowest BCUT2D eigenvalue weighted by Crippen LogP contribution is -1.97. The van der Waals surface area contributed by atoms with Crippen LogP contribution < -0.4 is 4.74 Å². The highest BCUT2D eigenvalue weighted by Crippen LogP contribution is 2.51. The van der Waals surface area contributed by atoms with Crippen molar-refractivity contribution in [1.29, 1.82) is 0 Å². The zero-order valence-electron chi connectivity index (χ0n) is 27.4. The second-order valence-corrected chi connectivity index (χ2v) is 14.3. The van der Waals surface area contributed by atoms with Gasteiger partial charge in [0, 0.05) is 10.8 Å². The van der Waals surface area contributed by atoms with Crippen LogP contribution in [-0.4, -0.2) is 0 Å². The van der Waals surface area contributed by atoms with Gasteiger partial charge in [-0.05, 0) is 126 Å². The van der Waals surface area contributed by atoms with Crippen LogP contribution in [0.3, 0.4) is 0 Å². The Balaban J connectivity index is 1.15. The molecule has 1 aliphatic rings. The summed E-state index contributed by atoms with van der Waals surface area (Å²) >= 11 is 1.78. The van der Waals surface area contributed by atoms with Crippen molar-refractivity contribution < 1.29 is 9.15 Å². The number of benzene rings is 9. The third-order valence-corrected chi connectivity index (χ3v) is 11.5. The first-order valence-corrected chi connectivity index (χ1v) is 18.1. The molecule has 3 heteroatoms. The van der Waals surface area contributed by atoms with Gasteiger partial charge >= 0.3 is 0 Å². The summed E-state index contributed by atoms with van der Waals surface area (Å²) in [7, 11) is 0. The monoisotopic (exact) mass is 668 g/mol. The first kappa shape index (κ1) is 28.5. The van der Waals surface area contributed by atoms with E-state index in [1.54, 1.807) is 11.8 Å². The van der Waals surface area contributed by atoms with Gasteiger partial charge in [0.1, 0.15) is 22.7 Å². The molecule has 0 radical (unpaired) electrons. The molecule has 10 aromatic rings. The molecule has 11 rings (SSSR count). The standard InChI is InChI=1S/C48H28O2S/c1-2-12-37-35(10-1)36-11-3-4-13-38(36)41-27-29(20-22-39(37)41)31-24-32(30-21-23-44-42(28-30)40-14-5-6-16-43(40)49-44)26-33(25-31)34-15-9-18-46-48(34)51-47-19-8-7-17-45(47)50-46/h1-28H. The lowest BCUT2D eigenvalue weighted by atomic mass is 9.89. The predicted molar refractivity (Wildman–Crippen MR) is 213 cm³/mol. The van der Waals surface area contributed by atoms with Crippen molar-refractivity contribution in [1.82, 2.24) is 0 Å². The van der Waals surface area contributed by atoms with E-state index >= 15 is 0 Å². The van der Waals surface area contributed by atoms with Crippen molar-refractivity contribution in [2.24, 2.45) is 0 Å². The van der Waals surface area contributed by atoms with Gasteiger partial charge in [-0.2, -0.15) is 0 Å². The summed E-state index contributed by atoms with van der Waals surface area (Å²) in [4.78, 5) is 2.26. The Bertz CT molecular complexity index is 3010. The molecule has 2 nitrogen and oxygen atoms in total. The predicted octanol–water partition coefficient (Wildman–Crippen LogP) is 14.3. The van der Waals surface area contributed by atoms with Crippen molar-refractivity contribution in [3.63, 3.8) is 0 Å². The number of hydrogen-bond acceptors (Lipinski definition) is 3. The lowest BCUT2D eigenvalue weighted by molar-refractivity contribution is 0.455. The summed E-state index contributed by atoms with van der Waals surface area (Å²) in [5.74, 6) is 1.79. The molecule has 0 unspecified atom stereocenters. The van der Waals surface area contributed by atoms with E-state index < -0.39 is 0 Å². The summed E-state index contributed by atoms with van der Waals surface area (Å²) in [5.41, 5.74) is 8.75. The van der Waals surface area contributed by atoms with Gasteiger partial charge in [0.25, 0.3) is 0 Å². The molecule has 0 amide bonds. The van der Waals surface area contributed by atoms with Crippen LogP contribution in [0.1, 0.15) is 0 Å². The highest BCUT2D eigenvalue weighted by atomic mass is 32.2. The summed E-state index contributed by atoms with van der Waals surface area (Å²) in [6.07, 6.45) is 0. The summed E-state index contributed by atoms with van der Waals surface area (Å²) in [6.45, 7) is 0. The molecule has 0 saturated carbocycles. The van der Waals surface area contributed by atoms with E-state index in [4.69, 9.17) is 9.15 Å². The Hall–Kier alpha value is -6.29. The Kier molecular flexibility index (Phi) is 6.22. The second-order valence-electron chi connectivity index (χ2n) is 13.2. The third-order valence-electron chi connectivity index (χ3n) is 10.3. The van der Waals surface area contributed by atoms with Gasteiger partial charge in [-0.3, -0.25) is 0 Å². The van der Waals surface area contributed by atoms with Crippen molar-refractivity contribution in [2.45, 2.75) is 9.79 Å². The zero-order valence-corrected chi connectivity index (χ0v) is 28.2. The highest BCUT2D eigenvalue weighted by molar-refractivity contribution is 7.99. The third kappa shape index (κ3) is 4.52. The number of para-hydroxylation sites is 2. The Labute approximate surface area is 298 Å². The quantitative estimate of drug-likeness (QED) is 0.175. The topological polar surface area (TPSA) is 22.4 Å². The van der Waals surface area contributed by atoms with Gasteiger partial charge in [-0.15, -0.1) is 0 Å². The average Bonchev–Trinajstić information content (AvgIpc) is 3.57. The molecule has 0 N–H and O–H groups in total. The van der Waals surface area contributed by atoms with Crippen LogP contribution in [0.4, 0.5) is 0 Å². The van der Waals surface area contributed by atoms with Crippen molar-refractivity contribution in [3.05, 3.63) is 170 Å². The number of hydrogen-bond donors (Lipinski definition) is 0. The van der Waals surface area contributed by atoms with Gasteiger partial charge in [0.2, 0.25) is 0 Å². The number of fused-ring (bicyclic) bond motifs is 11. The number of ether oxygens (including phenoxy) is 1. The molecular weight excluding hydrogens is 641 g/mol. The zero-order chi connectivity index (χ0) is 33.5. The van der Waals surface area contributed by atoms with Crippen LogP contribution in [0, 0.1) is 0 Å². The highest BCUT2D eigenvalue weighted by Gasteiger charge is 2.22. The molecule has 1 aromatic heterocycles. The largest absolute Gasteiger partial charge is 0.456 e. The summed E-state index contributed by atoms with van der Waals surface area (Å²) in [5, 5.41) is 9.90. The molecule has 0 saturated heterocycles. The van der Waals surface area contributed by atoms with Crippen LogP contribution >= 0.6 is 11.8 Å². The molecule has 9 aromatic carbocycles. The minimum atomic E-state index is 0.887. The maximum Gasteiger partial charge on any atom is 0.142 e.